The van der Waals surface area contributed by atoms with Crippen molar-refractivity contribution in [2.75, 3.05) is 28.7 Å². The van der Waals surface area contributed by atoms with Crippen molar-refractivity contribution in [2.24, 2.45) is 0 Å². The third kappa shape index (κ3) is 3.30. The molecule has 0 bridgehead atoms. The molecular formula is C19H16N4O4S. The summed E-state index contributed by atoms with van der Waals surface area (Å²) in [7, 11) is 0. The second-order valence-electron chi connectivity index (χ2n) is 6.47. The molecule has 2 aliphatic heterocycles. The van der Waals surface area contributed by atoms with Gasteiger partial charge in [0, 0.05) is 6.54 Å². The van der Waals surface area contributed by atoms with E-state index in [-0.39, 0.29) is 17.5 Å². The molecule has 8 nitrogen and oxygen atoms in total. The van der Waals surface area contributed by atoms with E-state index in [2.05, 4.69) is 10.6 Å². The summed E-state index contributed by atoms with van der Waals surface area (Å²) in [5.41, 5.74) is 2.06. The maximum Gasteiger partial charge on any atom is 0.338 e. The van der Waals surface area contributed by atoms with Crippen LogP contribution in [-0.4, -0.2) is 37.0 Å². The highest BCUT2D eigenvalue weighted by atomic mass is 32.1. The Hall–Kier alpha value is -3.38. The maximum absolute atomic E-state index is 12.3. The summed E-state index contributed by atoms with van der Waals surface area (Å²) in [6, 6.07) is 8.39. The molecule has 2 amide bonds. The van der Waals surface area contributed by atoms with Gasteiger partial charge in [-0.05, 0) is 42.5 Å². The first-order valence-corrected chi connectivity index (χ1v) is 9.61. The minimum atomic E-state index is -0.664. The van der Waals surface area contributed by atoms with Gasteiger partial charge in [-0.25, -0.2) is 4.79 Å². The number of fused-ring (bicyclic) bond motifs is 3. The maximum atomic E-state index is 12.3. The SMILES string of the molecule is N#Cc1ccsc1NC(=O)COC(=O)c1ccc2c(c1)NC(=O)[C@@H]1CCCN21. The molecule has 9 heteroatoms. The quantitative estimate of drug-likeness (QED) is 0.768. The predicted molar refractivity (Wildman–Crippen MR) is 103 cm³/mol. The van der Waals surface area contributed by atoms with Crippen LogP contribution in [0, 0.1) is 11.3 Å². The zero-order chi connectivity index (χ0) is 19.7. The molecule has 0 aliphatic carbocycles. The largest absolute Gasteiger partial charge is 0.452 e. The van der Waals surface area contributed by atoms with Gasteiger partial charge >= 0.3 is 5.97 Å². The third-order valence-corrected chi connectivity index (χ3v) is 5.56. The minimum Gasteiger partial charge on any atom is -0.452 e. The van der Waals surface area contributed by atoms with Crippen molar-refractivity contribution < 1.29 is 19.1 Å². The van der Waals surface area contributed by atoms with Gasteiger partial charge in [0.15, 0.2) is 6.61 Å². The fourth-order valence-electron chi connectivity index (χ4n) is 3.43. The molecule has 1 saturated heterocycles. The molecule has 0 radical (unpaired) electrons. The number of carbonyl (C=O) groups excluding carboxylic acids is 3. The van der Waals surface area contributed by atoms with E-state index in [4.69, 9.17) is 10.00 Å². The van der Waals surface area contributed by atoms with E-state index in [1.165, 1.54) is 11.3 Å². The van der Waals surface area contributed by atoms with Gasteiger partial charge in [-0.3, -0.25) is 9.59 Å². The zero-order valence-electron chi connectivity index (χ0n) is 14.7. The summed E-state index contributed by atoms with van der Waals surface area (Å²) in [5.74, 6) is -1.26. The highest BCUT2D eigenvalue weighted by Crippen LogP contribution is 2.37. The van der Waals surface area contributed by atoms with Gasteiger partial charge in [0.05, 0.1) is 22.5 Å². The molecular weight excluding hydrogens is 380 g/mol. The Morgan fingerprint density at radius 1 is 1.39 bits per heavy atom. The molecule has 0 unspecified atom stereocenters. The highest BCUT2D eigenvalue weighted by molar-refractivity contribution is 7.14. The number of nitriles is 1. The van der Waals surface area contributed by atoms with Crippen molar-refractivity contribution in [3.05, 3.63) is 40.8 Å². The van der Waals surface area contributed by atoms with Gasteiger partial charge in [0.2, 0.25) is 5.91 Å². The molecule has 2 aromatic rings. The monoisotopic (exact) mass is 396 g/mol. The van der Waals surface area contributed by atoms with Crippen LogP contribution in [0.4, 0.5) is 16.4 Å². The number of carbonyl (C=O) groups is 3. The minimum absolute atomic E-state index is 0.0702. The first-order valence-electron chi connectivity index (χ1n) is 8.73. The Balaban J connectivity index is 1.40. The van der Waals surface area contributed by atoms with E-state index < -0.39 is 18.5 Å². The van der Waals surface area contributed by atoms with Gasteiger partial charge < -0.3 is 20.3 Å². The second kappa shape index (κ2) is 7.32. The standard InChI is InChI=1S/C19H16N4O4S/c20-9-12-5-7-28-18(12)22-16(24)10-27-19(26)11-3-4-14-13(8-11)21-17(25)15-2-1-6-23(14)15/h3-5,7-8,15H,1-2,6,10H2,(H,21,25)(H,22,24)/t15-/m0/s1. The Kier molecular flexibility index (Phi) is 4.71. The van der Waals surface area contributed by atoms with Crippen LogP contribution in [0.2, 0.25) is 0 Å². The summed E-state index contributed by atoms with van der Waals surface area (Å²) in [5, 5.41) is 16.4. The Bertz CT molecular complexity index is 1010. The van der Waals surface area contributed by atoms with Crippen molar-refractivity contribution >= 4 is 45.5 Å². The topological polar surface area (TPSA) is 112 Å². The molecule has 1 aromatic carbocycles. The number of anilines is 3. The molecule has 0 saturated carbocycles. The van der Waals surface area contributed by atoms with E-state index >= 15 is 0 Å². The summed E-state index contributed by atoms with van der Waals surface area (Å²) >= 11 is 1.22. The molecule has 2 N–H and O–H groups in total. The van der Waals surface area contributed by atoms with Gasteiger partial charge in [-0.15, -0.1) is 11.3 Å². The molecule has 1 fully saturated rings. The van der Waals surface area contributed by atoms with Crippen LogP contribution in [-0.2, 0) is 14.3 Å². The van der Waals surface area contributed by atoms with Crippen LogP contribution in [0.25, 0.3) is 0 Å². The number of esters is 1. The van der Waals surface area contributed by atoms with Gasteiger partial charge in [0.25, 0.3) is 5.91 Å². The van der Waals surface area contributed by atoms with E-state index in [9.17, 15) is 14.4 Å². The Labute approximate surface area is 164 Å². The number of ether oxygens (including phenoxy) is 1. The number of nitrogens with zero attached hydrogens (tertiary/aromatic N) is 2. The number of amides is 2. The van der Waals surface area contributed by atoms with Crippen molar-refractivity contribution in [1.82, 2.24) is 0 Å². The van der Waals surface area contributed by atoms with Gasteiger partial charge in [0.1, 0.15) is 17.1 Å². The van der Waals surface area contributed by atoms with E-state index in [1.54, 1.807) is 29.6 Å². The van der Waals surface area contributed by atoms with Crippen LogP contribution < -0.4 is 15.5 Å². The lowest BCUT2D eigenvalue weighted by atomic mass is 10.1. The van der Waals surface area contributed by atoms with Crippen LogP contribution in [0.15, 0.2) is 29.6 Å². The van der Waals surface area contributed by atoms with Crippen LogP contribution in [0.1, 0.15) is 28.8 Å². The average Bonchev–Trinajstić information content (AvgIpc) is 3.35. The predicted octanol–water partition coefficient (Wildman–Crippen LogP) is 2.34. The number of benzene rings is 1. The summed E-state index contributed by atoms with van der Waals surface area (Å²) < 4.78 is 5.06. The Morgan fingerprint density at radius 2 is 2.25 bits per heavy atom. The van der Waals surface area contributed by atoms with E-state index in [1.807, 2.05) is 11.0 Å². The molecule has 28 heavy (non-hydrogen) atoms. The van der Waals surface area contributed by atoms with Crippen LogP contribution in [0.5, 0.6) is 0 Å². The lowest BCUT2D eigenvalue weighted by molar-refractivity contribution is -0.119. The molecule has 142 valence electrons. The number of hydrogen-bond acceptors (Lipinski definition) is 7. The van der Waals surface area contributed by atoms with Crippen LogP contribution >= 0.6 is 11.3 Å². The summed E-state index contributed by atoms with van der Waals surface area (Å²) in [6.07, 6.45) is 1.77. The lowest BCUT2D eigenvalue weighted by Gasteiger charge is -2.33. The van der Waals surface area contributed by atoms with E-state index in [0.29, 0.717) is 16.3 Å². The van der Waals surface area contributed by atoms with Crippen molar-refractivity contribution in [1.29, 1.82) is 5.26 Å². The third-order valence-electron chi connectivity index (χ3n) is 4.73. The molecule has 4 rings (SSSR count). The number of thiophene rings is 1. The van der Waals surface area contributed by atoms with Crippen molar-refractivity contribution in [3.8, 4) is 6.07 Å². The fourth-order valence-corrected chi connectivity index (χ4v) is 4.18. The molecule has 1 atom stereocenters. The summed E-state index contributed by atoms with van der Waals surface area (Å²) in [6.45, 7) is 0.335. The van der Waals surface area contributed by atoms with Gasteiger partial charge in [-0.2, -0.15) is 5.26 Å². The second-order valence-corrected chi connectivity index (χ2v) is 7.39. The number of nitrogens with one attached hydrogen (secondary N) is 2. The normalized spacial score (nSPS) is 17.2. The molecule has 0 spiro atoms. The average molecular weight is 396 g/mol. The highest BCUT2D eigenvalue weighted by Gasteiger charge is 2.36. The first kappa shape index (κ1) is 18.0. The summed E-state index contributed by atoms with van der Waals surface area (Å²) in [4.78, 5) is 38.5. The zero-order valence-corrected chi connectivity index (χ0v) is 15.5. The number of rotatable bonds is 4. The van der Waals surface area contributed by atoms with E-state index in [0.717, 1.165) is 25.1 Å². The van der Waals surface area contributed by atoms with Crippen molar-refractivity contribution in [2.45, 2.75) is 18.9 Å². The van der Waals surface area contributed by atoms with Gasteiger partial charge in [-0.1, -0.05) is 0 Å². The first-order chi connectivity index (χ1) is 13.6. The molecule has 2 aliphatic rings. The van der Waals surface area contributed by atoms with Crippen molar-refractivity contribution in [3.63, 3.8) is 0 Å². The lowest BCUT2D eigenvalue weighted by Crippen LogP contribution is -2.43. The fraction of sp³-hybridized carbons (Fsp3) is 0.263. The van der Waals surface area contributed by atoms with Crippen LogP contribution in [0.3, 0.4) is 0 Å². The smallest absolute Gasteiger partial charge is 0.338 e. The molecule has 1 aromatic heterocycles. The number of hydrogen-bond donors (Lipinski definition) is 2. The Morgan fingerprint density at radius 3 is 3.07 bits per heavy atom. The molecule has 3 heterocycles.